The van der Waals surface area contributed by atoms with Gasteiger partial charge < -0.3 is 14.5 Å². The van der Waals surface area contributed by atoms with Crippen LogP contribution in [0.5, 0.6) is 11.5 Å². The van der Waals surface area contributed by atoms with Crippen LogP contribution in [0.4, 0.5) is 0 Å². The first-order valence-electron chi connectivity index (χ1n) is 8.30. The van der Waals surface area contributed by atoms with Gasteiger partial charge in [-0.1, -0.05) is 24.3 Å². The molecule has 1 aliphatic rings. The minimum Gasteiger partial charge on any atom is -0.497 e. The van der Waals surface area contributed by atoms with Gasteiger partial charge in [-0.2, -0.15) is 0 Å². The summed E-state index contributed by atoms with van der Waals surface area (Å²) in [5, 5.41) is 1.37. The summed E-state index contributed by atoms with van der Waals surface area (Å²) in [6.45, 7) is 2.88. The topological polar surface area (TPSA) is 37.5 Å². The smallest absolute Gasteiger partial charge is 0.127 e. The van der Waals surface area contributed by atoms with Gasteiger partial charge in [-0.05, 0) is 24.1 Å². The van der Waals surface area contributed by atoms with Crippen LogP contribution in [0.3, 0.4) is 0 Å². The molecule has 0 spiro atoms. The van der Waals surface area contributed by atoms with Crippen LogP contribution in [-0.2, 0) is 19.5 Å². The van der Waals surface area contributed by atoms with Crippen molar-refractivity contribution in [2.24, 2.45) is 0 Å². The van der Waals surface area contributed by atoms with Crippen molar-refractivity contribution in [2.75, 3.05) is 20.8 Å². The molecule has 0 saturated heterocycles. The minimum atomic E-state index is 0.826. The third-order valence-corrected chi connectivity index (χ3v) is 4.85. The van der Waals surface area contributed by atoms with Crippen molar-refractivity contribution in [3.63, 3.8) is 0 Å². The number of benzene rings is 2. The van der Waals surface area contributed by atoms with Crippen LogP contribution >= 0.6 is 0 Å². The molecule has 0 aliphatic carbocycles. The molecule has 0 atom stereocenters. The van der Waals surface area contributed by atoms with E-state index in [4.69, 9.17) is 9.47 Å². The summed E-state index contributed by atoms with van der Waals surface area (Å²) >= 11 is 0. The molecule has 3 aromatic rings. The van der Waals surface area contributed by atoms with Gasteiger partial charge in [0, 0.05) is 47.9 Å². The zero-order chi connectivity index (χ0) is 16.5. The van der Waals surface area contributed by atoms with E-state index in [1.165, 1.54) is 27.7 Å². The van der Waals surface area contributed by atoms with Crippen LogP contribution in [0.1, 0.15) is 16.8 Å². The van der Waals surface area contributed by atoms with Gasteiger partial charge in [-0.15, -0.1) is 0 Å². The number of nitrogens with one attached hydrogen (secondary N) is 1. The molecule has 4 rings (SSSR count). The Labute approximate surface area is 142 Å². The molecule has 1 N–H and O–H groups in total. The number of aromatic amines is 1. The summed E-state index contributed by atoms with van der Waals surface area (Å²) in [5.74, 6) is 1.71. The number of para-hydroxylation sites is 1. The van der Waals surface area contributed by atoms with Crippen LogP contribution in [-0.4, -0.2) is 30.6 Å². The standard InChI is InChI=1S/C20H22N2O2/c1-23-15-8-7-14(20(11-15)24-2)12-22-10-9-17-16-5-3-4-6-18(16)21-19(17)13-22/h3-8,11,21H,9-10,12-13H2,1-2H3. The van der Waals surface area contributed by atoms with E-state index in [-0.39, 0.29) is 0 Å². The van der Waals surface area contributed by atoms with E-state index < -0.39 is 0 Å². The number of hydrogen-bond donors (Lipinski definition) is 1. The fourth-order valence-corrected chi connectivity index (χ4v) is 3.61. The van der Waals surface area contributed by atoms with E-state index in [1.54, 1.807) is 14.2 Å². The molecule has 1 aromatic heterocycles. The van der Waals surface area contributed by atoms with E-state index in [1.807, 2.05) is 12.1 Å². The lowest BCUT2D eigenvalue weighted by Crippen LogP contribution is -2.30. The van der Waals surface area contributed by atoms with Crippen molar-refractivity contribution >= 4 is 10.9 Å². The first kappa shape index (κ1) is 15.1. The lowest BCUT2D eigenvalue weighted by atomic mass is 10.0. The molecule has 2 heterocycles. The highest BCUT2D eigenvalue weighted by atomic mass is 16.5. The van der Waals surface area contributed by atoms with Crippen molar-refractivity contribution in [1.29, 1.82) is 0 Å². The quantitative estimate of drug-likeness (QED) is 0.795. The number of methoxy groups -OCH3 is 2. The summed E-state index contributed by atoms with van der Waals surface area (Å²) in [6, 6.07) is 14.6. The minimum absolute atomic E-state index is 0.826. The van der Waals surface area contributed by atoms with Gasteiger partial charge in [-0.25, -0.2) is 0 Å². The van der Waals surface area contributed by atoms with Crippen molar-refractivity contribution < 1.29 is 9.47 Å². The maximum Gasteiger partial charge on any atom is 0.127 e. The number of rotatable bonds is 4. The summed E-state index contributed by atoms with van der Waals surface area (Å²) < 4.78 is 10.8. The largest absolute Gasteiger partial charge is 0.497 e. The number of fused-ring (bicyclic) bond motifs is 3. The Bertz CT molecular complexity index is 869. The first-order valence-corrected chi connectivity index (χ1v) is 8.30. The lowest BCUT2D eigenvalue weighted by molar-refractivity contribution is 0.239. The van der Waals surface area contributed by atoms with Crippen LogP contribution in [0, 0.1) is 0 Å². The number of H-pyrrole nitrogens is 1. The summed E-state index contributed by atoms with van der Waals surface area (Å²) in [7, 11) is 3.39. The van der Waals surface area contributed by atoms with Gasteiger partial charge in [-0.3, -0.25) is 4.90 Å². The van der Waals surface area contributed by atoms with Crippen molar-refractivity contribution in [2.45, 2.75) is 19.5 Å². The lowest BCUT2D eigenvalue weighted by Gasteiger charge is -2.27. The van der Waals surface area contributed by atoms with Crippen molar-refractivity contribution in [3.8, 4) is 11.5 Å². The highest BCUT2D eigenvalue weighted by molar-refractivity contribution is 5.84. The Morgan fingerprint density at radius 3 is 2.79 bits per heavy atom. The van der Waals surface area contributed by atoms with E-state index in [0.717, 1.165) is 37.6 Å². The molecular weight excluding hydrogens is 300 g/mol. The SMILES string of the molecule is COc1ccc(CN2CCc3c([nH]c4ccccc34)C2)c(OC)c1. The third-order valence-electron chi connectivity index (χ3n) is 4.85. The number of aromatic nitrogens is 1. The van der Waals surface area contributed by atoms with E-state index >= 15 is 0 Å². The Morgan fingerprint density at radius 2 is 1.96 bits per heavy atom. The molecule has 0 saturated carbocycles. The maximum atomic E-state index is 5.53. The maximum absolute atomic E-state index is 5.53. The van der Waals surface area contributed by atoms with E-state index in [2.05, 4.69) is 40.2 Å². The second-order valence-electron chi connectivity index (χ2n) is 6.27. The fraction of sp³-hybridized carbons (Fsp3) is 0.300. The zero-order valence-electron chi connectivity index (χ0n) is 14.1. The van der Waals surface area contributed by atoms with E-state index in [9.17, 15) is 0 Å². The normalized spacial score (nSPS) is 14.6. The van der Waals surface area contributed by atoms with Crippen LogP contribution < -0.4 is 9.47 Å². The zero-order valence-corrected chi connectivity index (χ0v) is 14.1. The Hall–Kier alpha value is -2.46. The number of hydrogen-bond acceptors (Lipinski definition) is 3. The van der Waals surface area contributed by atoms with Crippen LogP contribution in [0.15, 0.2) is 42.5 Å². The first-order chi connectivity index (χ1) is 11.8. The molecule has 4 heteroatoms. The highest BCUT2D eigenvalue weighted by Gasteiger charge is 2.21. The summed E-state index contributed by atoms with van der Waals surface area (Å²) in [5.41, 5.74) is 5.25. The molecule has 0 bridgehead atoms. The monoisotopic (exact) mass is 322 g/mol. The second-order valence-corrected chi connectivity index (χ2v) is 6.27. The average molecular weight is 322 g/mol. The Morgan fingerprint density at radius 1 is 1.08 bits per heavy atom. The molecule has 2 aromatic carbocycles. The molecule has 0 fully saturated rings. The number of nitrogens with zero attached hydrogens (tertiary/aromatic N) is 1. The van der Waals surface area contributed by atoms with Gasteiger partial charge in [0.05, 0.1) is 14.2 Å². The van der Waals surface area contributed by atoms with Gasteiger partial charge in [0.15, 0.2) is 0 Å². The van der Waals surface area contributed by atoms with Crippen molar-refractivity contribution in [1.82, 2.24) is 9.88 Å². The van der Waals surface area contributed by atoms with Gasteiger partial charge >= 0.3 is 0 Å². The van der Waals surface area contributed by atoms with Crippen LogP contribution in [0.25, 0.3) is 10.9 Å². The fourth-order valence-electron chi connectivity index (χ4n) is 3.61. The van der Waals surface area contributed by atoms with Crippen LogP contribution in [0.2, 0.25) is 0 Å². The van der Waals surface area contributed by atoms with Gasteiger partial charge in [0.2, 0.25) is 0 Å². The number of ether oxygens (including phenoxy) is 2. The van der Waals surface area contributed by atoms with Gasteiger partial charge in [0.25, 0.3) is 0 Å². The third kappa shape index (κ3) is 2.63. The highest BCUT2D eigenvalue weighted by Crippen LogP contribution is 2.30. The predicted molar refractivity (Wildman–Crippen MR) is 95.7 cm³/mol. The molecule has 124 valence electrons. The second kappa shape index (κ2) is 6.21. The van der Waals surface area contributed by atoms with Crippen molar-refractivity contribution in [3.05, 3.63) is 59.3 Å². The molecular formula is C20H22N2O2. The molecule has 0 radical (unpaired) electrons. The predicted octanol–water partition coefficient (Wildman–Crippen LogP) is 3.74. The van der Waals surface area contributed by atoms with Gasteiger partial charge in [0.1, 0.15) is 11.5 Å². The molecule has 0 unspecified atom stereocenters. The Balaban J connectivity index is 1.57. The Kier molecular flexibility index (Phi) is 3.90. The molecule has 0 amide bonds. The van der Waals surface area contributed by atoms with E-state index in [0.29, 0.717) is 0 Å². The molecule has 24 heavy (non-hydrogen) atoms. The summed E-state index contributed by atoms with van der Waals surface area (Å²) in [4.78, 5) is 6.05. The molecule has 1 aliphatic heterocycles. The average Bonchev–Trinajstić information content (AvgIpc) is 2.99. The summed E-state index contributed by atoms with van der Waals surface area (Å²) in [6.07, 6.45) is 1.08. The molecule has 4 nitrogen and oxygen atoms in total.